The van der Waals surface area contributed by atoms with Gasteiger partial charge in [0.15, 0.2) is 5.78 Å². The van der Waals surface area contributed by atoms with E-state index >= 15 is 0 Å². The summed E-state index contributed by atoms with van der Waals surface area (Å²) in [5.41, 5.74) is 0.600. The van der Waals surface area contributed by atoms with Gasteiger partial charge in [-0.05, 0) is 18.9 Å². The number of Topliss-reactive ketones (excluding diaryl/α,β-unsaturated/α-hetero) is 1. The molecule has 1 fully saturated rings. The number of rotatable bonds is 2. The van der Waals surface area contributed by atoms with E-state index in [0.29, 0.717) is 17.0 Å². The van der Waals surface area contributed by atoms with Crippen molar-refractivity contribution < 1.29 is 9.59 Å². The number of benzene rings is 1. The molecular weight excluding hydrogens is 276 g/mol. The summed E-state index contributed by atoms with van der Waals surface area (Å²) >= 11 is 0. The minimum absolute atomic E-state index is 0.0379. The van der Waals surface area contributed by atoms with Crippen LogP contribution in [0.1, 0.15) is 41.5 Å². The van der Waals surface area contributed by atoms with Crippen molar-refractivity contribution in [3.8, 4) is 0 Å². The molecule has 1 amide bonds. The molecule has 1 aromatic rings. The van der Waals surface area contributed by atoms with Gasteiger partial charge in [0.25, 0.3) is 5.91 Å². The van der Waals surface area contributed by atoms with Gasteiger partial charge in [0.05, 0.1) is 17.0 Å². The fourth-order valence-corrected chi connectivity index (χ4v) is 4.02. The Hall–Kier alpha value is -1.68. The minimum atomic E-state index is -0.522. The molecule has 4 heteroatoms. The summed E-state index contributed by atoms with van der Waals surface area (Å²) in [7, 11) is 1.83. The van der Waals surface area contributed by atoms with Crippen LogP contribution in [0.5, 0.6) is 0 Å². The fourth-order valence-electron chi connectivity index (χ4n) is 4.02. The van der Waals surface area contributed by atoms with Crippen LogP contribution in [0.2, 0.25) is 0 Å². The van der Waals surface area contributed by atoms with Gasteiger partial charge in [-0.2, -0.15) is 0 Å². The average Bonchev–Trinajstić information content (AvgIpc) is 2.79. The van der Waals surface area contributed by atoms with Crippen molar-refractivity contribution in [1.82, 2.24) is 9.80 Å². The summed E-state index contributed by atoms with van der Waals surface area (Å²) in [5, 5.41) is 0. The molecule has 0 bridgehead atoms. The van der Waals surface area contributed by atoms with E-state index in [-0.39, 0.29) is 17.7 Å². The predicted molar refractivity (Wildman–Crippen MR) is 86.0 cm³/mol. The summed E-state index contributed by atoms with van der Waals surface area (Å²) in [6, 6.07) is 7.17. The first-order valence-electron chi connectivity index (χ1n) is 7.98. The zero-order valence-corrected chi connectivity index (χ0v) is 13.8. The van der Waals surface area contributed by atoms with E-state index < -0.39 is 5.41 Å². The van der Waals surface area contributed by atoms with Crippen molar-refractivity contribution in [2.24, 2.45) is 11.3 Å². The van der Waals surface area contributed by atoms with Gasteiger partial charge in [-0.1, -0.05) is 32.0 Å². The van der Waals surface area contributed by atoms with E-state index in [1.165, 1.54) is 0 Å². The number of carbonyl (C=O) groups excluding carboxylic acids is 2. The molecule has 2 aliphatic rings. The summed E-state index contributed by atoms with van der Waals surface area (Å²) < 4.78 is 0. The first kappa shape index (κ1) is 15.2. The maximum absolute atomic E-state index is 13.2. The highest BCUT2D eigenvalue weighted by Crippen LogP contribution is 2.40. The second-order valence-corrected chi connectivity index (χ2v) is 7.31. The quantitative estimate of drug-likeness (QED) is 0.841. The van der Waals surface area contributed by atoms with Crippen LogP contribution in [0.3, 0.4) is 0 Å². The van der Waals surface area contributed by atoms with E-state index in [1.54, 1.807) is 17.0 Å². The Balaban J connectivity index is 2.05. The second-order valence-electron chi connectivity index (χ2n) is 7.31. The Kier molecular flexibility index (Phi) is 3.60. The smallest absolute Gasteiger partial charge is 0.254 e. The zero-order chi connectivity index (χ0) is 16.1. The molecule has 0 aromatic heterocycles. The molecule has 0 aliphatic carbocycles. The van der Waals surface area contributed by atoms with E-state index in [0.717, 1.165) is 19.6 Å². The normalized spacial score (nSPS) is 28.8. The number of carbonyl (C=O) groups is 2. The molecule has 0 saturated carbocycles. The van der Waals surface area contributed by atoms with Crippen LogP contribution >= 0.6 is 0 Å². The highest BCUT2D eigenvalue weighted by Gasteiger charge is 2.53. The van der Waals surface area contributed by atoms with Gasteiger partial charge in [0.1, 0.15) is 0 Å². The maximum Gasteiger partial charge on any atom is 0.254 e. The van der Waals surface area contributed by atoms with E-state index in [4.69, 9.17) is 0 Å². The Bertz CT molecular complexity index is 625. The van der Waals surface area contributed by atoms with Crippen LogP contribution in [-0.4, -0.2) is 54.2 Å². The molecule has 0 unspecified atom stereocenters. The highest BCUT2D eigenvalue weighted by molar-refractivity contribution is 6.12. The SMILES string of the molecule is CC(C)CN1C[C@H]2N(C)C(=O)c3ccccc3C(=O)[C@@]2(C)C1. The fraction of sp³-hybridized carbons (Fsp3) is 0.556. The van der Waals surface area contributed by atoms with Crippen molar-refractivity contribution in [3.63, 3.8) is 0 Å². The molecule has 2 atom stereocenters. The van der Waals surface area contributed by atoms with Gasteiger partial charge in [0, 0.05) is 32.2 Å². The first-order chi connectivity index (χ1) is 10.3. The molecule has 1 saturated heterocycles. The molecule has 3 rings (SSSR count). The average molecular weight is 300 g/mol. The number of likely N-dealkylation sites (N-methyl/N-ethyl adjacent to an activating group) is 1. The molecule has 2 aliphatic heterocycles. The molecule has 2 heterocycles. The third-order valence-electron chi connectivity index (χ3n) is 5.05. The first-order valence-corrected chi connectivity index (χ1v) is 7.98. The Morgan fingerprint density at radius 2 is 1.86 bits per heavy atom. The maximum atomic E-state index is 13.2. The molecule has 1 aromatic carbocycles. The molecule has 0 N–H and O–H groups in total. The van der Waals surface area contributed by atoms with Crippen molar-refractivity contribution in [2.45, 2.75) is 26.8 Å². The van der Waals surface area contributed by atoms with Crippen molar-refractivity contribution in [3.05, 3.63) is 35.4 Å². The third-order valence-corrected chi connectivity index (χ3v) is 5.05. The van der Waals surface area contributed by atoms with Gasteiger partial charge >= 0.3 is 0 Å². The third kappa shape index (κ3) is 2.17. The number of fused-ring (bicyclic) bond motifs is 2. The van der Waals surface area contributed by atoms with Crippen LogP contribution in [0.4, 0.5) is 0 Å². The van der Waals surface area contributed by atoms with Crippen LogP contribution in [0.25, 0.3) is 0 Å². The summed E-state index contributed by atoms with van der Waals surface area (Å²) in [6.45, 7) is 8.84. The molecule has 0 radical (unpaired) electrons. The lowest BCUT2D eigenvalue weighted by Crippen LogP contribution is -2.48. The minimum Gasteiger partial charge on any atom is -0.336 e. The van der Waals surface area contributed by atoms with E-state index in [2.05, 4.69) is 18.7 Å². The predicted octanol–water partition coefficient (Wildman–Crippen LogP) is 2.30. The topological polar surface area (TPSA) is 40.6 Å². The molecule has 0 spiro atoms. The van der Waals surface area contributed by atoms with E-state index in [9.17, 15) is 9.59 Å². The monoisotopic (exact) mass is 300 g/mol. The number of nitrogens with zero attached hydrogens (tertiary/aromatic N) is 2. The van der Waals surface area contributed by atoms with Crippen LogP contribution < -0.4 is 0 Å². The largest absolute Gasteiger partial charge is 0.336 e. The molecule has 4 nitrogen and oxygen atoms in total. The number of amides is 1. The van der Waals surface area contributed by atoms with Crippen molar-refractivity contribution in [1.29, 1.82) is 0 Å². The van der Waals surface area contributed by atoms with Crippen LogP contribution in [0, 0.1) is 11.3 Å². The molecule has 118 valence electrons. The summed E-state index contributed by atoms with van der Waals surface area (Å²) in [4.78, 5) is 30.0. The number of likely N-dealkylation sites (tertiary alicyclic amines) is 1. The lowest BCUT2D eigenvalue weighted by atomic mass is 9.78. The number of ketones is 1. The summed E-state index contributed by atoms with van der Waals surface area (Å²) in [6.07, 6.45) is 0. The molecule has 22 heavy (non-hydrogen) atoms. The van der Waals surface area contributed by atoms with Gasteiger partial charge in [-0.3, -0.25) is 14.5 Å². The second kappa shape index (κ2) is 5.20. The lowest BCUT2D eigenvalue weighted by molar-refractivity contribution is 0.0606. The van der Waals surface area contributed by atoms with Gasteiger partial charge in [-0.15, -0.1) is 0 Å². The number of hydrogen-bond donors (Lipinski definition) is 0. The number of hydrogen-bond acceptors (Lipinski definition) is 3. The highest BCUT2D eigenvalue weighted by atomic mass is 16.2. The Morgan fingerprint density at radius 3 is 2.50 bits per heavy atom. The van der Waals surface area contributed by atoms with Gasteiger partial charge < -0.3 is 4.90 Å². The van der Waals surface area contributed by atoms with Gasteiger partial charge in [-0.25, -0.2) is 0 Å². The van der Waals surface area contributed by atoms with Crippen LogP contribution in [0.15, 0.2) is 24.3 Å². The molecular formula is C18H24N2O2. The Morgan fingerprint density at radius 1 is 1.23 bits per heavy atom. The van der Waals surface area contributed by atoms with E-state index in [1.807, 2.05) is 26.1 Å². The lowest BCUT2D eigenvalue weighted by Gasteiger charge is -2.32. The van der Waals surface area contributed by atoms with Crippen molar-refractivity contribution >= 4 is 11.7 Å². The Labute approximate surface area is 132 Å². The standard InChI is InChI=1S/C18H24N2O2/c1-12(2)9-20-10-15-18(3,11-20)16(21)13-7-5-6-8-14(13)17(22)19(15)4/h5-8,12,15H,9-11H2,1-4H3/t15-,18+/m1/s1. The summed E-state index contributed by atoms with van der Waals surface area (Å²) in [5.74, 6) is 0.621. The van der Waals surface area contributed by atoms with Crippen molar-refractivity contribution in [2.75, 3.05) is 26.7 Å². The van der Waals surface area contributed by atoms with Crippen LogP contribution in [-0.2, 0) is 0 Å². The van der Waals surface area contributed by atoms with Gasteiger partial charge in [0.2, 0.25) is 0 Å². The zero-order valence-electron chi connectivity index (χ0n) is 13.8.